The number of aromatic amines is 1. The third kappa shape index (κ3) is 3.53. The highest BCUT2D eigenvalue weighted by Gasteiger charge is 2.44. The molecule has 0 bridgehead atoms. The van der Waals surface area contributed by atoms with E-state index in [4.69, 9.17) is 9.72 Å². The van der Waals surface area contributed by atoms with Crippen molar-refractivity contribution in [2.45, 2.75) is 37.6 Å². The minimum atomic E-state index is 0.0277. The topological polar surface area (TPSA) is 81.7 Å². The van der Waals surface area contributed by atoms with E-state index in [-0.39, 0.29) is 11.0 Å². The zero-order chi connectivity index (χ0) is 19.8. The van der Waals surface area contributed by atoms with Crippen LogP contribution in [0.15, 0.2) is 29.1 Å². The van der Waals surface area contributed by atoms with Gasteiger partial charge in [0, 0.05) is 30.6 Å². The van der Waals surface area contributed by atoms with Gasteiger partial charge in [0.25, 0.3) is 5.56 Å². The number of anilines is 1. The van der Waals surface area contributed by atoms with Crippen molar-refractivity contribution >= 4 is 5.95 Å². The largest absolute Gasteiger partial charge is 0.508 e. The second-order valence-electron chi connectivity index (χ2n) is 8.54. The molecule has 2 N–H and O–H groups in total. The van der Waals surface area contributed by atoms with Gasteiger partial charge in [-0.25, -0.2) is 4.98 Å². The highest BCUT2D eigenvalue weighted by Crippen LogP contribution is 2.44. The SMILES string of the molecule is O=c1[nH]c(N2CCOCC2)nc2c1CCC21CCN(Cc2cccc(O)c2)CC1. The zero-order valence-electron chi connectivity index (χ0n) is 16.7. The lowest BCUT2D eigenvalue weighted by Gasteiger charge is -2.39. The van der Waals surface area contributed by atoms with Crippen molar-refractivity contribution in [1.82, 2.24) is 14.9 Å². The molecule has 1 aromatic carbocycles. The van der Waals surface area contributed by atoms with Crippen molar-refractivity contribution in [3.63, 3.8) is 0 Å². The molecular formula is C22H28N4O3. The Bertz CT molecular complexity index is 943. The molecular weight excluding hydrogens is 368 g/mol. The summed E-state index contributed by atoms with van der Waals surface area (Å²) in [7, 11) is 0. The number of benzene rings is 1. The van der Waals surface area contributed by atoms with E-state index in [1.807, 2.05) is 12.1 Å². The maximum absolute atomic E-state index is 12.8. The van der Waals surface area contributed by atoms with Gasteiger partial charge in [0.15, 0.2) is 0 Å². The number of likely N-dealkylation sites (tertiary alicyclic amines) is 1. The Morgan fingerprint density at radius 3 is 2.69 bits per heavy atom. The number of rotatable bonds is 3. The van der Waals surface area contributed by atoms with Gasteiger partial charge >= 0.3 is 0 Å². The number of fused-ring (bicyclic) bond motifs is 2. The summed E-state index contributed by atoms with van der Waals surface area (Å²) >= 11 is 0. The molecule has 1 spiro atoms. The van der Waals surface area contributed by atoms with Gasteiger partial charge in [-0.1, -0.05) is 12.1 Å². The molecule has 3 aliphatic rings. The Kier molecular flexibility index (Phi) is 4.80. The molecule has 1 aliphatic carbocycles. The van der Waals surface area contributed by atoms with E-state index in [9.17, 15) is 9.90 Å². The molecule has 3 heterocycles. The average molecular weight is 396 g/mol. The summed E-state index contributed by atoms with van der Waals surface area (Å²) < 4.78 is 5.44. The minimum absolute atomic E-state index is 0.0277. The fourth-order valence-electron chi connectivity index (χ4n) is 5.10. The Labute approximate surface area is 170 Å². The summed E-state index contributed by atoms with van der Waals surface area (Å²) in [6.45, 7) is 5.71. The fraction of sp³-hybridized carbons (Fsp3) is 0.545. The molecule has 0 unspecified atom stereocenters. The second-order valence-corrected chi connectivity index (χ2v) is 8.54. The predicted octanol–water partition coefficient (Wildman–Crippen LogP) is 1.79. The molecule has 2 aromatic rings. The van der Waals surface area contributed by atoms with Crippen LogP contribution in [0, 0.1) is 0 Å². The number of phenols is 1. The van der Waals surface area contributed by atoms with E-state index in [0.717, 1.165) is 75.2 Å². The van der Waals surface area contributed by atoms with Gasteiger partial charge < -0.3 is 14.7 Å². The number of nitrogens with zero attached hydrogens (tertiary/aromatic N) is 3. The second kappa shape index (κ2) is 7.46. The zero-order valence-corrected chi connectivity index (χ0v) is 16.7. The summed E-state index contributed by atoms with van der Waals surface area (Å²) in [4.78, 5) is 25.3. The van der Waals surface area contributed by atoms with Crippen LogP contribution in [0.5, 0.6) is 5.75 Å². The fourth-order valence-corrected chi connectivity index (χ4v) is 5.10. The molecule has 5 rings (SSSR count). The van der Waals surface area contributed by atoms with Gasteiger partial charge in [0.2, 0.25) is 5.95 Å². The van der Waals surface area contributed by atoms with Gasteiger partial charge in [0.1, 0.15) is 5.75 Å². The summed E-state index contributed by atoms with van der Waals surface area (Å²) in [5.41, 5.74) is 3.13. The van der Waals surface area contributed by atoms with Gasteiger partial charge in [-0.15, -0.1) is 0 Å². The first-order chi connectivity index (χ1) is 14.1. The third-order valence-corrected chi connectivity index (χ3v) is 6.80. The first kappa shape index (κ1) is 18.6. The highest BCUT2D eigenvalue weighted by molar-refractivity contribution is 5.40. The van der Waals surface area contributed by atoms with Crippen LogP contribution >= 0.6 is 0 Å². The number of piperidine rings is 1. The van der Waals surface area contributed by atoms with Gasteiger partial charge in [-0.05, 0) is 56.5 Å². The number of nitrogens with one attached hydrogen (secondary N) is 1. The average Bonchev–Trinajstić information content (AvgIpc) is 3.09. The van der Waals surface area contributed by atoms with E-state index in [1.54, 1.807) is 6.07 Å². The van der Waals surface area contributed by atoms with Crippen molar-refractivity contribution in [3.05, 3.63) is 51.4 Å². The van der Waals surface area contributed by atoms with Crippen LogP contribution in [0.4, 0.5) is 5.95 Å². The number of phenolic OH excluding ortho intramolecular Hbond substituents is 1. The Balaban J connectivity index is 1.34. The van der Waals surface area contributed by atoms with Crippen molar-refractivity contribution in [3.8, 4) is 5.75 Å². The lowest BCUT2D eigenvalue weighted by molar-refractivity contribution is 0.122. The standard InChI is InChI=1S/C22H28N4O3/c27-17-3-1-2-16(14-17)15-25-8-6-22(7-9-25)5-4-18-19(22)23-21(24-20(18)28)26-10-12-29-13-11-26/h1-3,14,27H,4-13,15H2,(H,23,24,28). The van der Waals surface area contributed by atoms with Gasteiger partial charge in [-0.3, -0.25) is 14.7 Å². The van der Waals surface area contributed by atoms with E-state index in [2.05, 4.69) is 20.9 Å². The van der Waals surface area contributed by atoms with Crippen LogP contribution in [0.25, 0.3) is 0 Å². The molecule has 0 radical (unpaired) electrons. The van der Waals surface area contributed by atoms with Crippen molar-refractivity contribution in [2.75, 3.05) is 44.3 Å². The maximum atomic E-state index is 12.8. The van der Waals surface area contributed by atoms with Gasteiger partial charge in [-0.2, -0.15) is 0 Å². The van der Waals surface area contributed by atoms with Crippen LogP contribution in [0.2, 0.25) is 0 Å². The summed E-state index contributed by atoms with van der Waals surface area (Å²) in [5, 5.41) is 9.71. The molecule has 2 saturated heterocycles. The van der Waals surface area contributed by atoms with Crippen LogP contribution in [0.3, 0.4) is 0 Å². The molecule has 0 atom stereocenters. The van der Waals surface area contributed by atoms with Crippen LogP contribution in [0.1, 0.15) is 36.1 Å². The molecule has 154 valence electrons. The van der Waals surface area contributed by atoms with Gasteiger partial charge in [0.05, 0.1) is 18.9 Å². The lowest BCUT2D eigenvalue weighted by atomic mass is 9.76. The number of morpholine rings is 1. The predicted molar refractivity (Wildman–Crippen MR) is 111 cm³/mol. The molecule has 7 nitrogen and oxygen atoms in total. The Morgan fingerprint density at radius 1 is 1.14 bits per heavy atom. The first-order valence-electron chi connectivity index (χ1n) is 10.6. The number of hydrogen-bond acceptors (Lipinski definition) is 6. The smallest absolute Gasteiger partial charge is 0.255 e. The van der Waals surface area contributed by atoms with Crippen molar-refractivity contribution in [2.24, 2.45) is 0 Å². The Hall–Kier alpha value is -2.38. The molecule has 0 amide bonds. The number of H-pyrrole nitrogens is 1. The van der Waals surface area contributed by atoms with Crippen LogP contribution in [-0.4, -0.2) is 59.4 Å². The van der Waals surface area contributed by atoms with Crippen LogP contribution in [-0.2, 0) is 23.1 Å². The number of aromatic nitrogens is 2. The lowest BCUT2D eigenvalue weighted by Crippen LogP contribution is -2.43. The molecule has 2 fully saturated rings. The number of hydrogen-bond donors (Lipinski definition) is 2. The summed E-state index contributed by atoms with van der Waals surface area (Å²) in [6.07, 6.45) is 3.90. The number of aromatic hydroxyl groups is 1. The summed E-state index contributed by atoms with van der Waals surface area (Å²) in [6, 6.07) is 7.50. The van der Waals surface area contributed by atoms with E-state index in [1.165, 1.54) is 0 Å². The third-order valence-electron chi connectivity index (χ3n) is 6.80. The first-order valence-corrected chi connectivity index (χ1v) is 10.6. The molecule has 7 heteroatoms. The van der Waals surface area contributed by atoms with E-state index < -0.39 is 0 Å². The van der Waals surface area contributed by atoms with E-state index in [0.29, 0.717) is 24.9 Å². The molecule has 29 heavy (non-hydrogen) atoms. The van der Waals surface area contributed by atoms with E-state index >= 15 is 0 Å². The molecule has 0 saturated carbocycles. The quantitative estimate of drug-likeness (QED) is 0.823. The Morgan fingerprint density at radius 2 is 1.93 bits per heavy atom. The van der Waals surface area contributed by atoms with Crippen molar-refractivity contribution < 1.29 is 9.84 Å². The molecule has 1 aromatic heterocycles. The monoisotopic (exact) mass is 396 g/mol. The minimum Gasteiger partial charge on any atom is -0.508 e. The molecule has 2 aliphatic heterocycles. The van der Waals surface area contributed by atoms with Crippen molar-refractivity contribution in [1.29, 1.82) is 0 Å². The normalized spacial score (nSPS) is 21.4. The van der Waals surface area contributed by atoms with Crippen LogP contribution < -0.4 is 10.5 Å². The summed E-state index contributed by atoms with van der Waals surface area (Å²) in [5.74, 6) is 1.03. The number of ether oxygens (including phenoxy) is 1. The highest BCUT2D eigenvalue weighted by atomic mass is 16.5. The maximum Gasteiger partial charge on any atom is 0.255 e.